The van der Waals surface area contributed by atoms with Crippen molar-refractivity contribution < 1.29 is 29.1 Å². The number of benzene rings is 2. The van der Waals surface area contributed by atoms with E-state index in [9.17, 15) is 14.4 Å². The molecule has 1 aliphatic heterocycles. The molecular weight excluding hydrogens is 426 g/mol. The molecule has 0 fully saturated rings. The van der Waals surface area contributed by atoms with Gasteiger partial charge in [-0.1, -0.05) is 23.8 Å². The van der Waals surface area contributed by atoms with Gasteiger partial charge in [0.1, 0.15) is 17.4 Å². The number of nitrogens with zero attached hydrogens (tertiary/aromatic N) is 1. The molecule has 0 saturated carbocycles. The first kappa shape index (κ1) is 24.1. The molecule has 9 heteroatoms. The Bertz CT molecular complexity index is 1030. The minimum absolute atomic E-state index is 0.139. The molecule has 2 aromatic carbocycles. The third kappa shape index (κ3) is 6.45. The molecule has 9 nitrogen and oxygen atoms in total. The average molecular weight is 456 g/mol. The van der Waals surface area contributed by atoms with Gasteiger partial charge >= 0.3 is 6.09 Å². The van der Waals surface area contributed by atoms with E-state index < -0.39 is 23.6 Å². The fraction of sp³-hybridized carbons (Fsp3) is 0.375. The van der Waals surface area contributed by atoms with Crippen LogP contribution in [0.25, 0.3) is 0 Å². The van der Waals surface area contributed by atoms with Crippen molar-refractivity contribution in [3.63, 3.8) is 0 Å². The Hall–Kier alpha value is -3.59. The average Bonchev–Trinajstić information content (AvgIpc) is 2.76. The second-order valence-electron chi connectivity index (χ2n) is 8.94. The summed E-state index contributed by atoms with van der Waals surface area (Å²) in [6, 6.07) is 11.9. The van der Waals surface area contributed by atoms with E-state index in [1.54, 1.807) is 39.0 Å². The second kappa shape index (κ2) is 9.91. The lowest BCUT2D eigenvalue weighted by Crippen LogP contribution is -2.52. The highest BCUT2D eigenvalue weighted by atomic mass is 16.6. The first-order valence-corrected chi connectivity index (χ1v) is 10.6. The molecule has 3 rings (SSSR count). The Kier molecular flexibility index (Phi) is 7.23. The molecule has 33 heavy (non-hydrogen) atoms. The van der Waals surface area contributed by atoms with Gasteiger partial charge in [-0.15, -0.1) is 0 Å². The highest BCUT2D eigenvalue weighted by molar-refractivity contribution is 5.97. The van der Waals surface area contributed by atoms with Crippen molar-refractivity contribution in [3.05, 3.63) is 59.2 Å². The number of ether oxygens (including phenoxy) is 2. The van der Waals surface area contributed by atoms with Gasteiger partial charge in [0.05, 0.1) is 6.54 Å². The molecule has 0 aromatic heterocycles. The zero-order chi connectivity index (χ0) is 24.2. The van der Waals surface area contributed by atoms with Crippen LogP contribution in [0.4, 0.5) is 10.5 Å². The fourth-order valence-corrected chi connectivity index (χ4v) is 3.44. The standard InChI is InChI=1S/C24H29N3O6/c1-15-5-8-18(9-6-15)25-22(29)20-12-16-7-10-19(32-14-21(28)26-31)11-17(16)13-27(20)23(30)33-24(2,3)4/h5-11,20,31H,12-14H2,1-4H3,(H,25,29)(H,26,28)/t20-/m0/s1. The van der Waals surface area contributed by atoms with E-state index in [-0.39, 0.29) is 19.1 Å². The van der Waals surface area contributed by atoms with Gasteiger partial charge in [0, 0.05) is 12.1 Å². The van der Waals surface area contributed by atoms with Gasteiger partial charge in [-0.2, -0.15) is 0 Å². The Balaban J connectivity index is 1.84. The number of amides is 3. The summed E-state index contributed by atoms with van der Waals surface area (Å²) in [5, 5.41) is 11.5. The van der Waals surface area contributed by atoms with Gasteiger partial charge < -0.3 is 14.8 Å². The molecule has 0 radical (unpaired) electrons. The summed E-state index contributed by atoms with van der Waals surface area (Å²) in [7, 11) is 0. The zero-order valence-corrected chi connectivity index (χ0v) is 19.2. The van der Waals surface area contributed by atoms with Crippen LogP contribution in [0.15, 0.2) is 42.5 Å². The maximum Gasteiger partial charge on any atom is 0.411 e. The SMILES string of the molecule is Cc1ccc(NC(=O)[C@@H]2Cc3ccc(OCC(=O)NO)cc3CN2C(=O)OC(C)(C)C)cc1. The van der Waals surface area contributed by atoms with Crippen molar-refractivity contribution in [1.29, 1.82) is 0 Å². The van der Waals surface area contributed by atoms with E-state index in [2.05, 4.69) is 5.32 Å². The van der Waals surface area contributed by atoms with Crippen molar-refractivity contribution >= 4 is 23.6 Å². The molecule has 0 saturated heterocycles. The molecule has 1 heterocycles. The lowest BCUT2D eigenvalue weighted by molar-refractivity contribution is -0.131. The largest absolute Gasteiger partial charge is 0.484 e. The molecule has 1 atom stereocenters. The fourth-order valence-electron chi connectivity index (χ4n) is 3.44. The van der Waals surface area contributed by atoms with Crippen LogP contribution >= 0.6 is 0 Å². The molecule has 0 spiro atoms. The highest BCUT2D eigenvalue weighted by Gasteiger charge is 2.37. The third-order valence-electron chi connectivity index (χ3n) is 5.05. The summed E-state index contributed by atoms with van der Waals surface area (Å²) in [5.41, 5.74) is 4.17. The third-order valence-corrected chi connectivity index (χ3v) is 5.05. The minimum Gasteiger partial charge on any atom is -0.484 e. The number of rotatable bonds is 5. The van der Waals surface area contributed by atoms with Crippen LogP contribution in [-0.4, -0.2) is 46.3 Å². The molecule has 1 aliphatic rings. The summed E-state index contributed by atoms with van der Waals surface area (Å²) < 4.78 is 10.9. The number of hydroxylamine groups is 1. The first-order valence-electron chi connectivity index (χ1n) is 10.6. The van der Waals surface area contributed by atoms with Gasteiger partial charge in [-0.25, -0.2) is 10.3 Å². The van der Waals surface area contributed by atoms with Crippen LogP contribution in [-0.2, 0) is 27.3 Å². The van der Waals surface area contributed by atoms with E-state index in [1.807, 2.05) is 31.2 Å². The van der Waals surface area contributed by atoms with E-state index in [4.69, 9.17) is 14.7 Å². The van der Waals surface area contributed by atoms with E-state index in [1.165, 1.54) is 10.4 Å². The Morgan fingerprint density at radius 2 is 1.79 bits per heavy atom. The number of hydrogen-bond acceptors (Lipinski definition) is 6. The first-order chi connectivity index (χ1) is 15.6. The van der Waals surface area contributed by atoms with Crippen molar-refractivity contribution in [2.24, 2.45) is 0 Å². The molecule has 0 bridgehead atoms. The molecule has 0 unspecified atom stereocenters. The normalized spacial score (nSPS) is 15.3. The summed E-state index contributed by atoms with van der Waals surface area (Å²) in [6.45, 7) is 7.04. The van der Waals surface area contributed by atoms with Crippen molar-refractivity contribution in [2.75, 3.05) is 11.9 Å². The van der Waals surface area contributed by atoms with Crippen LogP contribution in [0.3, 0.4) is 0 Å². The monoisotopic (exact) mass is 455 g/mol. The molecule has 176 valence electrons. The van der Waals surface area contributed by atoms with Crippen molar-refractivity contribution in [2.45, 2.75) is 52.3 Å². The van der Waals surface area contributed by atoms with Gasteiger partial charge in [-0.05, 0) is 63.1 Å². The molecule has 3 amide bonds. The number of aryl methyl sites for hydroxylation is 1. The number of hydrogen-bond donors (Lipinski definition) is 3. The second-order valence-corrected chi connectivity index (χ2v) is 8.94. The van der Waals surface area contributed by atoms with Crippen molar-refractivity contribution in [3.8, 4) is 5.75 Å². The van der Waals surface area contributed by atoms with Gasteiger partial charge in [0.2, 0.25) is 5.91 Å². The van der Waals surface area contributed by atoms with Crippen LogP contribution < -0.4 is 15.5 Å². The lowest BCUT2D eigenvalue weighted by Gasteiger charge is -2.37. The highest BCUT2D eigenvalue weighted by Crippen LogP contribution is 2.29. The van der Waals surface area contributed by atoms with Crippen LogP contribution in [0.1, 0.15) is 37.5 Å². The molecule has 2 aromatic rings. The van der Waals surface area contributed by atoms with Gasteiger partial charge in [0.25, 0.3) is 5.91 Å². The van der Waals surface area contributed by atoms with Crippen molar-refractivity contribution in [1.82, 2.24) is 10.4 Å². The smallest absolute Gasteiger partial charge is 0.411 e. The lowest BCUT2D eigenvalue weighted by atomic mass is 9.93. The van der Waals surface area contributed by atoms with Gasteiger partial charge in [0.15, 0.2) is 6.61 Å². The summed E-state index contributed by atoms with van der Waals surface area (Å²) in [5.74, 6) is -0.588. The van der Waals surface area contributed by atoms with E-state index in [0.29, 0.717) is 17.9 Å². The number of anilines is 1. The Morgan fingerprint density at radius 3 is 2.42 bits per heavy atom. The predicted molar refractivity (Wildman–Crippen MR) is 121 cm³/mol. The summed E-state index contributed by atoms with van der Waals surface area (Å²) >= 11 is 0. The number of carbonyl (C=O) groups excluding carboxylic acids is 3. The number of fused-ring (bicyclic) bond motifs is 1. The van der Waals surface area contributed by atoms with Crippen LogP contribution in [0.2, 0.25) is 0 Å². The molecular formula is C24H29N3O6. The predicted octanol–water partition coefficient (Wildman–Crippen LogP) is 3.18. The maximum atomic E-state index is 13.2. The van der Waals surface area contributed by atoms with Crippen LogP contribution in [0, 0.1) is 6.92 Å². The number of nitrogens with one attached hydrogen (secondary N) is 2. The topological polar surface area (TPSA) is 117 Å². The maximum absolute atomic E-state index is 13.2. The molecule has 3 N–H and O–H groups in total. The Labute approximate surface area is 192 Å². The summed E-state index contributed by atoms with van der Waals surface area (Å²) in [6.07, 6.45) is -0.299. The Morgan fingerprint density at radius 1 is 1.09 bits per heavy atom. The molecule has 0 aliphatic carbocycles. The van der Waals surface area contributed by atoms with E-state index >= 15 is 0 Å². The van der Waals surface area contributed by atoms with E-state index in [0.717, 1.165) is 16.7 Å². The summed E-state index contributed by atoms with van der Waals surface area (Å²) in [4.78, 5) is 38.8. The quantitative estimate of drug-likeness (QED) is 0.471. The number of carbonyl (C=O) groups is 3. The van der Waals surface area contributed by atoms with Gasteiger partial charge in [-0.3, -0.25) is 19.7 Å². The van der Waals surface area contributed by atoms with Crippen LogP contribution in [0.5, 0.6) is 5.75 Å². The minimum atomic E-state index is -0.763. The zero-order valence-electron chi connectivity index (χ0n) is 19.2.